The minimum Gasteiger partial charge on any atom is -0.360 e. The lowest BCUT2D eigenvalue weighted by Crippen LogP contribution is -2.51. The summed E-state index contributed by atoms with van der Waals surface area (Å²) in [5.74, 6) is 0.621. The van der Waals surface area contributed by atoms with E-state index < -0.39 is 0 Å². The normalized spacial score (nSPS) is 49.2. The fraction of sp³-hybridized carbons (Fsp3) is 1.00. The molecule has 2 nitrogen and oxygen atoms in total. The summed E-state index contributed by atoms with van der Waals surface area (Å²) in [5, 5.41) is 3.34. The highest BCUT2D eigenvalue weighted by Gasteiger charge is 2.27. The van der Waals surface area contributed by atoms with Gasteiger partial charge in [-0.25, -0.2) is 0 Å². The molecule has 1 fully saturated rings. The molecule has 0 spiro atoms. The van der Waals surface area contributed by atoms with Crippen LogP contribution in [0, 0.1) is 5.92 Å². The first-order valence-electron chi connectivity index (χ1n) is 4.02. The van der Waals surface area contributed by atoms with Gasteiger partial charge in [0.2, 0.25) is 0 Å². The lowest BCUT2D eigenvalue weighted by molar-refractivity contribution is -0.0867. The van der Waals surface area contributed by atoms with E-state index in [4.69, 9.17) is 4.74 Å². The van der Waals surface area contributed by atoms with E-state index in [-0.39, 0.29) is 6.23 Å². The van der Waals surface area contributed by atoms with Crippen LogP contribution in [-0.2, 0) is 4.74 Å². The van der Waals surface area contributed by atoms with Crippen LogP contribution in [0.4, 0.5) is 0 Å². The Labute approximate surface area is 63.0 Å². The van der Waals surface area contributed by atoms with Gasteiger partial charge in [-0.2, -0.15) is 0 Å². The van der Waals surface area contributed by atoms with Crippen molar-refractivity contribution in [2.45, 2.75) is 46.1 Å². The second-order valence-electron chi connectivity index (χ2n) is 3.30. The van der Waals surface area contributed by atoms with Gasteiger partial charge in [-0.05, 0) is 26.7 Å². The Bertz CT molecular complexity index is 104. The summed E-state index contributed by atoms with van der Waals surface area (Å²) in [6.45, 7) is 8.62. The van der Waals surface area contributed by atoms with Crippen LogP contribution in [0.1, 0.15) is 27.7 Å². The van der Waals surface area contributed by atoms with E-state index in [0.717, 1.165) is 0 Å². The molecule has 0 aliphatic carbocycles. The molecular formula is C8H17NO. The predicted octanol–water partition coefficient (Wildman–Crippen LogP) is 1.37. The molecule has 1 rings (SSSR count). The minimum atomic E-state index is 0.223. The van der Waals surface area contributed by atoms with Crippen LogP contribution in [0.15, 0.2) is 0 Å². The van der Waals surface area contributed by atoms with Gasteiger partial charge < -0.3 is 4.74 Å². The zero-order valence-corrected chi connectivity index (χ0v) is 7.22. The SMILES string of the molecule is CC1NC(C)C(C)C(C)O1. The van der Waals surface area contributed by atoms with E-state index in [2.05, 4.69) is 33.0 Å². The zero-order valence-electron chi connectivity index (χ0n) is 7.22. The van der Waals surface area contributed by atoms with Crippen LogP contribution >= 0.6 is 0 Å². The third-order valence-electron chi connectivity index (χ3n) is 2.45. The average molecular weight is 143 g/mol. The van der Waals surface area contributed by atoms with Crippen molar-refractivity contribution in [3.05, 3.63) is 0 Å². The van der Waals surface area contributed by atoms with Gasteiger partial charge in [0.15, 0.2) is 0 Å². The summed E-state index contributed by atoms with van der Waals surface area (Å²) in [7, 11) is 0. The maximum Gasteiger partial charge on any atom is 0.105 e. The fourth-order valence-corrected chi connectivity index (χ4v) is 1.41. The smallest absolute Gasteiger partial charge is 0.105 e. The molecule has 0 amide bonds. The Kier molecular flexibility index (Phi) is 2.32. The maximum atomic E-state index is 5.56. The maximum absolute atomic E-state index is 5.56. The molecule has 0 radical (unpaired) electrons. The Balaban J connectivity index is 2.49. The first-order chi connectivity index (χ1) is 4.61. The molecule has 4 unspecified atom stereocenters. The number of hydrogen-bond donors (Lipinski definition) is 1. The second-order valence-corrected chi connectivity index (χ2v) is 3.30. The number of ether oxygens (including phenoxy) is 1. The third kappa shape index (κ3) is 1.50. The van der Waals surface area contributed by atoms with Crippen molar-refractivity contribution >= 4 is 0 Å². The quantitative estimate of drug-likeness (QED) is 0.553. The monoisotopic (exact) mass is 143 g/mol. The number of hydrogen-bond acceptors (Lipinski definition) is 2. The van der Waals surface area contributed by atoms with Gasteiger partial charge in [0.1, 0.15) is 6.23 Å². The third-order valence-corrected chi connectivity index (χ3v) is 2.45. The molecule has 1 saturated heterocycles. The molecule has 0 aromatic heterocycles. The Morgan fingerprint density at radius 2 is 1.70 bits per heavy atom. The van der Waals surface area contributed by atoms with E-state index in [9.17, 15) is 0 Å². The van der Waals surface area contributed by atoms with Gasteiger partial charge in [-0.1, -0.05) is 6.92 Å². The van der Waals surface area contributed by atoms with E-state index in [1.807, 2.05) is 0 Å². The van der Waals surface area contributed by atoms with Crippen LogP contribution in [-0.4, -0.2) is 18.4 Å². The standard InChI is InChI=1S/C8H17NO/c1-5-6(2)9-8(4)10-7(5)3/h5-9H,1-4H3. The van der Waals surface area contributed by atoms with Crippen LogP contribution in [0.2, 0.25) is 0 Å². The molecule has 0 aromatic rings. The summed E-state index contributed by atoms with van der Waals surface area (Å²) >= 11 is 0. The topological polar surface area (TPSA) is 21.3 Å². The molecule has 4 atom stereocenters. The van der Waals surface area contributed by atoms with Gasteiger partial charge in [0.25, 0.3) is 0 Å². The van der Waals surface area contributed by atoms with E-state index in [1.54, 1.807) is 0 Å². The molecule has 0 saturated carbocycles. The van der Waals surface area contributed by atoms with Crippen molar-refractivity contribution in [3.8, 4) is 0 Å². The van der Waals surface area contributed by atoms with Crippen LogP contribution in [0.5, 0.6) is 0 Å². The minimum absolute atomic E-state index is 0.223. The van der Waals surface area contributed by atoms with Crippen LogP contribution < -0.4 is 5.32 Å². The molecule has 2 heteroatoms. The summed E-state index contributed by atoms with van der Waals surface area (Å²) in [6, 6.07) is 0.582. The van der Waals surface area contributed by atoms with Crippen molar-refractivity contribution in [3.63, 3.8) is 0 Å². The van der Waals surface area contributed by atoms with Crippen molar-refractivity contribution < 1.29 is 4.74 Å². The Hall–Kier alpha value is -0.0800. The largest absolute Gasteiger partial charge is 0.360 e. The Morgan fingerprint density at radius 1 is 1.10 bits per heavy atom. The van der Waals surface area contributed by atoms with Gasteiger partial charge in [0, 0.05) is 6.04 Å². The molecule has 0 aromatic carbocycles. The molecule has 1 heterocycles. The van der Waals surface area contributed by atoms with Gasteiger partial charge >= 0.3 is 0 Å². The van der Waals surface area contributed by atoms with Gasteiger partial charge in [-0.15, -0.1) is 0 Å². The molecule has 0 bridgehead atoms. The fourth-order valence-electron chi connectivity index (χ4n) is 1.41. The van der Waals surface area contributed by atoms with Crippen LogP contribution in [0.25, 0.3) is 0 Å². The average Bonchev–Trinajstić information content (AvgIpc) is 1.82. The van der Waals surface area contributed by atoms with Gasteiger partial charge in [0.05, 0.1) is 6.10 Å². The summed E-state index contributed by atoms with van der Waals surface area (Å²) in [6.07, 6.45) is 0.618. The van der Waals surface area contributed by atoms with Crippen molar-refractivity contribution in [2.24, 2.45) is 5.92 Å². The van der Waals surface area contributed by atoms with Crippen molar-refractivity contribution in [1.29, 1.82) is 0 Å². The lowest BCUT2D eigenvalue weighted by atomic mass is 9.96. The predicted molar refractivity (Wildman–Crippen MR) is 41.8 cm³/mol. The first-order valence-corrected chi connectivity index (χ1v) is 4.02. The lowest BCUT2D eigenvalue weighted by Gasteiger charge is -2.37. The highest BCUT2D eigenvalue weighted by atomic mass is 16.5. The van der Waals surface area contributed by atoms with Crippen LogP contribution in [0.3, 0.4) is 0 Å². The zero-order chi connectivity index (χ0) is 7.72. The summed E-state index contributed by atoms with van der Waals surface area (Å²) < 4.78 is 5.56. The van der Waals surface area contributed by atoms with E-state index >= 15 is 0 Å². The number of nitrogens with one attached hydrogen (secondary N) is 1. The summed E-state index contributed by atoms with van der Waals surface area (Å²) in [5.41, 5.74) is 0. The van der Waals surface area contributed by atoms with Gasteiger partial charge in [-0.3, -0.25) is 5.32 Å². The molecule has 10 heavy (non-hydrogen) atoms. The van der Waals surface area contributed by atoms with Crippen molar-refractivity contribution in [1.82, 2.24) is 5.32 Å². The Morgan fingerprint density at radius 3 is 2.20 bits per heavy atom. The second kappa shape index (κ2) is 2.89. The highest BCUT2D eigenvalue weighted by Crippen LogP contribution is 2.18. The first kappa shape index (κ1) is 8.02. The number of rotatable bonds is 0. The highest BCUT2D eigenvalue weighted by molar-refractivity contribution is 4.78. The molecule has 1 aliphatic rings. The van der Waals surface area contributed by atoms with E-state index in [1.165, 1.54) is 0 Å². The molecule has 1 aliphatic heterocycles. The van der Waals surface area contributed by atoms with Crippen molar-refractivity contribution in [2.75, 3.05) is 0 Å². The molecule has 1 N–H and O–H groups in total. The van der Waals surface area contributed by atoms with E-state index in [0.29, 0.717) is 18.1 Å². The molecule has 60 valence electrons. The summed E-state index contributed by atoms with van der Waals surface area (Å²) in [4.78, 5) is 0. The molecular weight excluding hydrogens is 126 g/mol.